The first-order chi connectivity index (χ1) is 14.7. The number of ether oxygens (including phenoxy) is 4. The average molecular weight is 450 g/mol. The number of fused-ring (bicyclic) bond motifs is 2. The Morgan fingerprint density at radius 1 is 1.29 bits per heavy atom. The number of nitrogen functional groups attached to an aromatic ring is 1. The Balaban J connectivity index is 1.51. The van der Waals surface area contributed by atoms with E-state index in [9.17, 15) is 4.79 Å². The molecule has 1 aliphatic carbocycles. The van der Waals surface area contributed by atoms with E-state index in [1.54, 1.807) is 10.9 Å². The van der Waals surface area contributed by atoms with Crippen LogP contribution in [0, 0.1) is 0 Å². The molecule has 0 radical (unpaired) electrons. The third kappa shape index (κ3) is 3.67. The summed E-state index contributed by atoms with van der Waals surface area (Å²) in [6.45, 7) is 5.15. The predicted octanol–water partition coefficient (Wildman–Crippen LogP) is 2.03. The van der Waals surface area contributed by atoms with Gasteiger partial charge in [-0.15, -0.1) is 0 Å². The van der Waals surface area contributed by atoms with Gasteiger partial charge in [0.1, 0.15) is 30.2 Å². The Morgan fingerprint density at radius 2 is 2.00 bits per heavy atom. The number of hydrogen-bond acceptors (Lipinski definition) is 10. The van der Waals surface area contributed by atoms with Gasteiger partial charge in [-0.2, -0.15) is 22.6 Å². The molecule has 2 saturated heterocycles. The SMILES string of the molecule is CC(=O)C(S)[C@H]1O[C@H](n2cnc3c(N)nc(OC4CCCC4)nc32)[C@@H]2OC(C)(C)O[C@@H]21. The maximum absolute atomic E-state index is 12.0. The number of rotatable bonds is 5. The first-order valence-corrected chi connectivity index (χ1v) is 11.1. The van der Waals surface area contributed by atoms with Crippen LogP contribution in [0.4, 0.5) is 5.82 Å². The van der Waals surface area contributed by atoms with E-state index in [0.29, 0.717) is 11.2 Å². The molecule has 2 aromatic heterocycles. The van der Waals surface area contributed by atoms with Crippen molar-refractivity contribution in [2.24, 2.45) is 0 Å². The van der Waals surface area contributed by atoms with Crippen LogP contribution in [0.3, 0.4) is 0 Å². The third-order valence-corrected chi connectivity index (χ3v) is 6.73. The molecule has 31 heavy (non-hydrogen) atoms. The van der Waals surface area contributed by atoms with Crippen LogP contribution >= 0.6 is 12.6 Å². The number of nitrogens with two attached hydrogens (primary N) is 1. The first-order valence-electron chi connectivity index (χ1n) is 10.6. The Kier molecular flexibility index (Phi) is 5.11. The molecule has 0 spiro atoms. The van der Waals surface area contributed by atoms with Crippen LogP contribution in [0.2, 0.25) is 0 Å². The van der Waals surface area contributed by atoms with Crippen LogP contribution < -0.4 is 10.5 Å². The van der Waals surface area contributed by atoms with Crippen molar-refractivity contribution in [3.8, 4) is 6.01 Å². The van der Waals surface area contributed by atoms with Crippen LogP contribution in [0.1, 0.15) is 52.7 Å². The summed E-state index contributed by atoms with van der Waals surface area (Å²) in [7, 11) is 0. The molecule has 2 aromatic rings. The van der Waals surface area contributed by atoms with E-state index < -0.39 is 35.6 Å². The monoisotopic (exact) mass is 449 g/mol. The van der Waals surface area contributed by atoms with Crippen LogP contribution in [0.15, 0.2) is 6.33 Å². The summed E-state index contributed by atoms with van der Waals surface area (Å²) in [5.74, 6) is -0.681. The maximum atomic E-state index is 12.0. The fourth-order valence-corrected chi connectivity index (χ4v) is 4.87. The molecular formula is C20H27N5O5S. The number of thiol groups is 1. The molecule has 168 valence electrons. The number of hydrogen-bond donors (Lipinski definition) is 2. The average Bonchev–Trinajstić information content (AvgIpc) is 3.45. The fraction of sp³-hybridized carbons (Fsp3) is 0.700. The summed E-state index contributed by atoms with van der Waals surface area (Å²) >= 11 is 4.47. The van der Waals surface area contributed by atoms with Crippen molar-refractivity contribution >= 4 is 35.4 Å². The van der Waals surface area contributed by atoms with Crippen molar-refractivity contribution in [3.05, 3.63) is 6.33 Å². The molecule has 0 aromatic carbocycles. The molecule has 3 aliphatic rings. The van der Waals surface area contributed by atoms with Gasteiger partial charge >= 0.3 is 6.01 Å². The first kappa shape index (κ1) is 20.9. The van der Waals surface area contributed by atoms with Crippen LogP contribution in [-0.4, -0.2) is 60.8 Å². The molecule has 4 heterocycles. The highest BCUT2D eigenvalue weighted by atomic mass is 32.1. The zero-order valence-corrected chi connectivity index (χ0v) is 18.6. The number of ketones is 1. The van der Waals surface area contributed by atoms with E-state index in [-0.39, 0.29) is 23.7 Å². The van der Waals surface area contributed by atoms with Crippen LogP contribution in [0.25, 0.3) is 11.2 Å². The van der Waals surface area contributed by atoms with E-state index in [0.717, 1.165) is 25.7 Å². The smallest absolute Gasteiger partial charge is 0.320 e. The summed E-state index contributed by atoms with van der Waals surface area (Å²) in [5, 5.41) is -0.647. The quantitative estimate of drug-likeness (QED) is 0.660. The summed E-state index contributed by atoms with van der Waals surface area (Å²) in [5.41, 5.74) is 7.08. The lowest BCUT2D eigenvalue weighted by Crippen LogP contribution is -2.39. The normalized spacial score (nSPS) is 31.2. The van der Waals surface area contributed by atoms with Gasteiger partial charge in [0.25, 0.3) is 0 Å². The van der Waals surface area contributed by atoms with Gasteiger partial charge < -0.3 is 24.7 Å². The molecule has 0 amide bonds. The summed E-state index contributed by atoms with van der Waals surface area (Å²) in [4.78, 5) is 25.3. The molecule has 2 aliphatic heterocycles. The summed E-state index contributed by atoms with van der Waals surface area (Å²) in [6.07, 6.45) is 3.78. The Bertz CT molecular complexity index is 1010. The third-order valence-electron chi connectivity index (χ3n) is 6.07. The van der Waals surface area contributed by atoms with Crippen molar-refractivity contribution < 1.29 is 23.7 Å². The zero-order valence-electron chi connectivity index (χ0n) is 17.7. The Morgan fingerprint density at radius 3 is 2.71 bits per heavy atom. The Labute approximate surface area is 185 Å². The topological polar surface area (TPSA) is 124 Å². The number of aromatic nitrogens is 4. The molecule has 5 rings (SSSR count). The number of anilines is 1. The minimum atomic E-state index is -0.818. The molecule has 1 saturated carbocycles. The lowest BCUT2D eigenvalue weighted by atomic mass is 10.1. The van der Waals surface area contributed by atoms with Gasteiger partial charge in [-0.05, 0) is 46.5 Å². The molecule has 5 atom stereocenters. The summed E-state index contributed by atoms with van der Waals surface area (Å²) < 4.78 is 26.2. The zero-order chi connectivity index (χ0) is 21.9. The van der Waals surface area contributed by atoms with Crippen molar-refractivity contribution in [2.45, 2.75) is 88.1 Å². The second-order valence-electron chi connectivity index (χ2n) is 8.85. The van der Waals surface area contributed by atoms with Gasteiger partial charge in [-0.3, -0.25) is 9.36 Å². The number of nitrogens with zero attached hydrogens (tertiary/aromatic N) is 4. The minimum absolute atomic E-state index is 0.0950. The molecule has 11 heteroatoms. The lowest BCUT2D eigenvalue weighted by Gasteiger charge is -2.26. The lowest BCUT2D eigenvalue weighted by molar-refractivity contribution is -0.196. The van der Waals surface area contributed by atoms with Crippen molar-refractivity contribution in [1.29, 1.82) is 0 Å². The van der Waals surface area contributed by atoms with Gasteiger partial charge in [0, 0.05) is 0 Å². The highest BCUT2D eigenvalue weighted by molar-refractivity contribution is 7.81. The number of carbonyl (C=O) groups excluding carboxylic acids is 1. The Hall–Kier alpha value is -1.95. The molecule has 2 N–H and O–H groups in total. The molecular weight excluding hydrogens is 422 g/mol. The summed E-state index contributed by atoms with van der Waals surface area (Å²) in [6, 6.07) is 0.226. The maximum Gasteiger partial charge on any atom is 0.320 e. The van der Waals surface area contributed by atoms with Crippen molar-refractivity contribution in [3.63, 3.8) is 0 Å². The predicted molar refractivity (Wildman–Crippen MR) is 114 cm³/mol. The van der Waals surface area contributed by atoms with E-state index in [1.807, 2.05) is 13.8 Å². The largest absolute Gasteiger partial charge is 0.460 e. The fourth-order valence-electron chi connectivity index (χ4n) is 4.63. The minimum Gasteiger partial charge on any atom is -0.460 e. The van der Waals surface area contributed by atoms with Crippen molar-refractivity contribution in [1.82, 2.24) is 19.5 Å². The van der Waals surface area contributed by atoms with Crippen LogP contribution in [-0.2, 0) is 19.0 Å². The van der Waals surface area contributed by atoms with Gasteiger partial charge in [0.2, 0.25) is 0 Å². The number of imidazole rings is 1. The van der Waals surface area contributed by atoms with Gasteiger partial charge in [0.05, 0.1) is 11.6 Å². The number of Topliss-reactive ketones (excluding diaryl/α,β-unsaturated/α-hetero) is 1. The van der Waals surface area contributed by atoms with E-state index in [4.69, 9.17) is 24.7 Å². The van der Waals surface area contributed by atoms with Gasteiger partial charge in [-0.1, -0.05) is 0 Å². The van der Waals surface area contributed by atoms with Crippen molar-refractivity contribution in [2.75, 3.05) is 5.73 Å². The molecule has 1 unspecified atom stereocenters. The second-order valence-corrected chi connectivity index (χ2v) is 9.41. The standard InChI is InChI=1S/C20H27N5O5S/c1-9(26)15(31)13-12-14(30-20(2,3)29-12)18(28-13)25-8-22-11-16(21)23-19(24-17(11)25)27-10-6-4-5-7-10/h8,10,12-15,18,31H,4-7H2,1-3H3,(H2,21,23,24)/t12-,13+,14-,15?,18+/m1/s1. The van der Waals surface area contributed by atoms with Gasteiger partial charge in [0.15, 0.2) is 29.0 Å². The van der Waals surface area contributed by atoms with E-state index >= 15 is 0 Å². The van der Waals surface area contributed by atoms with Gasteiger partial charge in [-0.25, -0.2) is 4.98 Å². The number of carbonyl (C=O) groups is 1. The van der Waals surface area contributed by atoms with Crippen LogP contribution in [0.5, 0.6) is 6.01 Å². The molecule has 10 nitrogen and oxygen atoms in total. The van der Waals surface area contributed by atoms with E-state index in [1.165, 1.54) is 6.92 Å². The molecule has 3 fully saturated rings. The second kappa shape index (κ2) is 7.58. The van der Waals surface area contributed by atoms with E-state index in [2.05, 4.69) is 27.6 Å². The highest BCUT2D eigenvalue weighted by Gasteiger charge is 2.58. The molecule has 0 bridgehead atoms. The highest BCUT2D eigenvalue weighted by Crippen LogP contribution is 2.45.